The molecule has 1 atom stereocenters. The first-order chi connectivity index (χ1) is 5.20. The second-order valence-corrected chi connectivity index (χ2v) is 2.24. The average Bonchev–Trinajstić information content (AvgIpc) is 2.01. The summed E-state index contributed by atoms with van der Waals surface area (Å²) in [5, 5.41) is 10.1. The minimum atomic E-state index is -0.253. The predicted octanol–water partition coefficient (Wildman–Crippen LogP) is 0.399. The zero-order chi connectivity index (χ0) is 8.69. The second-order valence-electron chi connectivity index (χ2n) is 2.24. The molecule has 0 bridgehead atoms. The molecule has 1 unspecified atom stereocenters. The average molecular weight is 156 g/mol. The highest BCUT2D eigenvalue weighted by atomic mass is 16.5. The summed E-state index contributed by atoms with van der Waals surface area (Å²) in [6.07, 6.45) is 2.62. The Labute approximate surface area is 66.1 Å². The molecule has 4 nitrogen and oxygen atoms in total. The van der Waals surface area contributed by atoms with E-state index in [1.54, 1.807) is 13.3 Å². The molecule has 0 spiro atoms. The quantitative estimate of drug-likeness (QED) is 0.473. The molecular weight excluding hydrogens is 144 g/mol. The van der Waals surface area contributed by atoms with Gasteiger partial charge >= 0.3 is 0 Å². The zero-order valence-electron chi connectivity index (χ0n) is 6.76. The third kappa shape index (κ3) is 5.37. The molecule has 0 fully saturated rings. The van der Waals surface area contributed by atoms with Crippen molar-refractivity contribution in [3.8, 4) is 6.19 Å². The largest absolute Gasteiger partial charge is 0.382 e. The van der Waals surface area contributed by atoms with Crippen molar-refractivity contribution in [1.82, 2.24) is 5.32 Å². The van der Waals surface area contributed by atoms with Crippen molar-refractivity contribution in [3.05, 3.63) is 0 Å². The van der Waals surface area contributed by atoms with E-state index in [-0.39, 0.29) is 12.0 Å². The molecule has 0 aliphatic rings. The fourth-order valence-corrected chi connectivity index (χ4v) is 0.577. The van der Waals surface area contributed by atoms with Gasteiger partial charge in [0.05, 0.1) is 6.10 Å². The molecule has 0 heterocycles. The first kappa shape index (κ1) is 9.92. The van der Waals surface area contributed by atoms with Crippen LogP contribution in [0.25, 0.3) is 0 Å². The summed E-state index contributed by atoms with van der Waals surface area (Å²) in [7, 11) is 1.59. The Kier molecular flexibility index (Phi) is 5.13. The Morgan fingerprint density at radius 2 is 2.45 bits per heavy atom. The number of nitriles is 1. The van der Waals surface area contributed by atoms with Crippen molar-refractivity contribution in [2.45, 2.75) is 25.9 Å². The van der Waals surface area contributed by atoms with E-state index >= 15 is 0 Å². The van der Waals surface area contributed by atoms with Crippen LogP contribution in [-0.2, 0) is 9.53 Å². The lowest BCUT2D eigenvalue weighted by Gasteiger charge is -2.06. The molecule has 11 heavy (non-hydrogen) atoms. The van der Waals surface area contributed by atoms with E-state index < -0.39 is 0 Å². The Balaban J connectivity index is 3.39. The summed E-state index contributed by atoms with van der Waals surface area (Å²) in [4.78, 5) is 10.7. The number of carbonyl (C=O) groups is 1. The number of hydrogen-bond acceptors (Lipinski definition) is 3. The van der Waals surface area contributed by atoms with Gasteiger partial charge in [0.1, 0.15) is 0 Å². The molecule has 1 amide bonds. The maximum Gasteiger partial charge on any atom is 0.233 e. The molecular formula is C7H12N2O2. The van der Waals surface area contributed by atoms with E-state index in [9.17, 15) is 4.79 Å². The Morgan fingerprint density at radius 1 is 1.82 bits per heavy atom. The molecule has 0 aromatic rings. The molecule has 0 saturated heterocycles. The number of methoxy groups -OCH3 is 1. The highest BCUT2D eigenvalue weighted by molar-refractivity contribution is 5.77. The van der Waals surface area contributed by atoms with Crippen LogP contribution in [-0.4, -0.2) is 19.1 Å². The Hall–Kier alpha value is -1.08. The van der Waals surface area contributed by atoms with Crippen LogP contribution in [0.15, 0.2) is 0 Å². The monoisotopic (exact) mass is 156 g/mol. The molecule has 0 aliphatic carbocycles. The minimum Gasteiger partial charge on any atom is -0.382 e. The number of nitrogens with zero attached hydrogens (tertiary/aromatic N) is 1. The number of nitrogens with one attached hydrogen (secondary N) is 1. The first-order valence-electron chi connectivity index (χ1n) is 3.41. The summed E-state index contributed by atoms with van der Waals surface area (Å²) >= 11 is 0. The SMILES string of the molecule is COC(C)CCC(=O)NC#N. The van der Waals surface area contributed by atoms with Crippen molar-refractivity contribution in [1.29, 1.82) is 5.26 Å². The topological polar surface area (TPSA) is 62.1 Å². The summed E-state index contributed by atoms with van der Waals surface area (Å²) in [5.74, 6) is -0.253. The van der Waals surface area contributed by atoms with Gasteiger partial charge in [-0.05, 0) is 13.3 Å². The van der Waals surface area contributed by atoms with Gasteiger partial charge < -0.3 is 4.74 Å². The minimum absolute atomic E-state index is 0.0689. The number of rotatable bonds is 4. The number of amides is 1. The standard InChI is InChI=1S/C7H12N2O2/c1-6(11-2)3-4-7(10)9-5-8/h6H,3-4H2,1-2H3,(H,9,10). The predicted molar refractivity (Wildman–Crippen MR) is 39.5 cm³/mol. The molecule has 4 heteroatoms. The highest BCUT2D eigenvalue weighted by Gasteiger charge is 2.03. The van der Waals surface area contributed by atoms with E-state index in [4.69, 9.17) is 10.00 Å². The van der Waals surface area contributed by atoms with Crippen molar-refractivity contribution in [2.75, 3.05) is 7.11 Å². The maximum absolute atomic E-state index is 10.7. The van der Waals surface area contributed by atoms with Crippen molar-refractivity contribution >= 4 is 5.91 Å². The number of ether oxygens (including phenoxy) is 1. The van der Waals surface area contributed by atoms with Gasteiger partial charge in [-0.3, -0.25) is 10.1 Å². The van der Waals surface area contributed by atoms with Gasteiger partial charge in [-0.25, -0.2) is 0 Å². The van der Waals surface area contributed by atoms with Crippen LogP contribution in [0.2, 0.25) is 0 Å². The fourth-order valence-electron chi connectivity index (χ4n) is 0.577. The zero-order valence-corrected chi connectivity index (χ0v) is 6.76. The van der Waals surface area contributed by atoms with E-state index in [2.05, 4.69) is 0 Å². The van der Waals surface area contributed by atoms with E-state index in [0.29, 0.717) is 12.8 Å². The Bertz CT molecular complexity index is 162. The summed E-state index contributed by atoms with van der Waals surface area (Å²) in [5.41, 5.74) is 0. The van der Waals surface area contributed by atoms with Crippen LogP contribution in [0.4, 0.5) is 0 Å². The van der Waals surface area contributed by atoms with Gasteiger partial charge in [0.2, 0.25) is 5.91 Å². The third-order valence-corrected chi connectivity index (χ3v) is 1.38. The van der Waals surface area contributed by atoms with E-state index in [0.717, 1.165) is 0 Å². The summed E-state index contributed by atoms with van der Waals surface area (Å²) < 4.78 is 4.92. The highest BCUT2D eigenvalue weighted by Crippen LogP contribution is 1.98. The lowest BCUT2D eigenvalue weighted by molar-refractivity contribution is -0.120. The normalized spacial score (nSPS) is 11.7. The maximum atomic E-state index is 10.7. The Morgan fingerprint density at radius 3 is 2.91 bits per heavy atom. The first-order valence-corrected chi connectivity index (χ1v) is 3.41. The van der Waals surface area contributed by atoms with Crippen LogP contribution in [0.5, 0.6) is 0 Å². The molecule has 0 aromatic carbocycles. The lowest BCUT2D eigenvalue weighted by atomic mass is 10.2. The lowest BCUT2D eigenvalue weighted by Crippen LogP contribution is -2.19. The number of carbonyl (C=O) groups excluding carboxylic acids is 1. The van der Waals surface area contributed by atoms with Crippen LogP contribution in [0.1, 0.15) is 19.8 Å². The van der Waals surface area contributed by atoms with Crippen LogP contribution >= 0.6 is 0 Å². The molecule has 0 saturated carbocycles. The van der Waals surface area contributed by atoms with Gasteiger partial charge in [0.25, 0.3) is 0 Å². The number of hydrogen-bond donors (Lipinski definition) is 1. The molecule has 62 valence electrons. The van der Waals surface area contributed by atoms with Crippen LogP contribution in [0, 0.1) is 11.5 Å². The van der Waals surface area contributed by atoms with Crippen LogP contribution in [0.3, 0.4) is 0 Å². The second kappa shape index (κ2) is 5.69. The summed E-state index contributed by atoms with van der Waals surface area (Å²) in [6, 6.07) is 0. The van der Waals surface area contributed by atoms with E-state index in [1.807, 2.05) is 12.2 Å². The van der Waals surface area contributed by atoms with Crippen molar-refractivity contribution < 1.29 is 9.53 Å². The van der Waals surface area contributed by atoms with Gasteiger partial charge in [-0.15, -0.1) is 0 Å². The molecule has 0 radical (unpaired) electrons. The smallest absolute Gasteiger partial charge is 0.233 e. The molecule has 0 rings (SSSR count). The third-order valence-electron chi connectivity index (χ3n) is 1.38. The molecule has 0 aromatic heterocycles. The summed E-state index contributed by atoms with van der Waals surface area (Å²) in [6.45, 7) is 1.87. The van der Waals surface area contributed by atoms with E-state index in [1.165, 1.54) is 0 Å². The van der Waals surface area contributed by atoms with Crippen molar-refractivity contribution in [2.24, 2.45) is 0 Å². The van der Waals surface area contributed by atoms with Gasteiger partial charge in [0, 0.05) is 13.5 Å². The van der Waals surface area contributed by atoms with Gasteiger partial charge in [0.15, 0.2) is 6.19 Å². The fraction of sp³-hybridized carbons (Fsp3) is 0.714. The van der Waals surface area contributed by atoms with Crippen molar-refractivity contribution in [3.63, 3.8) is 0 Å². The molecule has 1 N–H and O–H groups in total. The molecule has 0 aliphatic heterocycles. The van der Waals surface area contributed by atoms with Gasteiger partial charge in [-0.1, -0.05) is 0 Å². The van der Waals surface area contributed by atoms with Crippen LogP contribution < -0.4 is 5.32 Å². The van der Waals surface area contributed by atoms with Gasteiger partial charge in [-0.2, -0.15) is 5.26 Å².